The van der Waals surface area contributed by atoms with E-state index in [4.69, 9.17) is 16.8 Å². The lowest BCUT2D eigenvalue weighted by atomic mass is 9.91. The Morgan fingerprint density at radius 1 is 1.07 bits per heavy atom. The van der Waals surface area contributed by atoms with Crippen molar-refractivity contribution in [3.63, 3.8) is 0 Å². The first-order chi connectivity index (χ1) is 19.0. The van der Waals surface area contributed by atoms with Gasteiger partial charge in [-0.25, -0.2) is 10.5 Å². The van der Waals surface area contributed by atoms with Gasteiger partial charge in [0.05, 0.1) is 22.7 Å². The smallest absolute Gasteiger partial charge is 0.289 e. The molecule has 0 bridgehead atoms. The molecular formula is C26H22ClF3N4O4S2. The number of carbonyl (C=O) groups is 1. The zero-order valence-electron chi connectivity index (χ0n) is 20.5. The Balaban J connectivity index is 1.74. The molecule has 1 aliphatic heterocycles. The molecule has 3 aromatic rings. The van der Waals surface area contributed by atoms with Crippen molar-refractivity contribution in [1.82, 2.24) is 10.5 Å². The fourth-order valence-electron chi connectivity index (χ4n) is 3.86. The highest BCUT2D eigenvalue weighted by atomic mass is 35.5. The highest BCUT2D eigenvalue weighted by Gasteiger charge is 2.33. The van der Waals surface area contributed by atoms with Crippen LogP contribution in [0.15, 0.2) is 93.3 Å². The number of rotatable bonds is 7. The third-order valence-electron chi connectivity index (χ3n) is 5.84. The Morgan fingerprint density at radius 2 is 1.73 bits per heavy atom. The SMILES string of the molecule is O=C(CCSC(=NS(=O)(=O)c1ccc(C(F)(F)F)cc1)N1CC(c2ccccc2)C(c2ccc(Cl)cc2)=N1)NO. The van der Waals surface area contributed by atoms with Gasteiger partial charge >= 0.3 is 6.18 Å². The molecule has 4 rings (SSSR count). The standard InChI is InChI=1S/C26H22ClF3N4O4S2/c27-20-10-6-18(7-11-20)24-22(17-4-2-1-3-5-17)16-34(31-24)25(39-15-14-23(35)32-36)33-40(37,38)21-12-8-19(9-13-21)26(28,29)30/h1-13,22,36H,14-16H2,(H,32,35). The van der Waals surface area contributed by atoms with Crippen LogP contribution in [0.4, 0.5) is 13.2 Å². The average Bonchev–Trinajstić information content (AvgIpc) is 3.38. The molecule has 1 amide bonds. The molecule has 2 N–H and O–H groups in total. The zero-order chi connectivity index (χ0) is 28.9. The normalized spacial score (nSPS) is 16.1. The van der Waals surface area contributed by atoms with Crippen molar-refractivity contribution in [2.24, 2.45) is 9.50 Å². The number of carbonyl (C=O) groups excluding carboxylic acids is 1. The molecule has 40 heavy (non-hydrogen) atoms. The van der Waals surface area contributed by atoms with Crippen molar-refractivity contribution in [2.75, 3.05) is 12.3 Å². The number of nitrogens with zero attached hydrogens (tertiary/aromatic N) is 3. The molecule has 0 fully saturated rings. The highest BCUT2D eigenvalue weighted by Crippen LogP contribution is 2.33. The number of alkyl halides is 3. The lowest BCUT2D eigenvalue weighted by molar-refractivity contribution is -0.137. The molecule has 0 saturated carbocycles. The van der Waals surface area contributed by atoms with E-state index in [9.17, 15) is 26.4 Å². The largest absolute Gasteiger partial charge is 0.416 e. The molecular weight excluding hydrogens is 589 g/mol. The molecule has 0 aromatic heterocycles. The maximum Gasteiger partial charge on any atom is 0.416 e. The molecule has 1 aliphatic rings. The van der Waals surface area contributed by atoms with Crippen molar-refractivity contribution in [3.8, 4) is 0 Å². The average molecular weight is 611 g/mol. The summed E-state index contributed by atoms with van der Waals surface area (Å²) in [6.07, 6.45) is -4.79. The van der Waals surface area contributed by atoms with Crippen LogP contribution in [-0.4, -0.2) is 47.7 Å². The van der Waals surface area contributed by atoms with Crippen LogP contribution in [0.3, 0.4) is 0 Å². The molecule has 210 valence electrons. The summed E-state index contributed by atoms with van der Waals surface area (Å²) in [5.41, 5.74) is 2.79. The second kappa shape index (κ2) is 12.4. The molecule has 0 spiro atoms. The van der Waals surface area contributed by atoms with E-state index in [2.05, 4.69) is 9.50 Å². The number of hydroxylamine groups is 1. The maximum atomic E-state index is 13.2. The minimum Gasteiger partial charge on any atom is -0.289 e. The van der Waals surface area contributed by atoms with E-state index in [1.54, 1.807) is 24.3 Å². The van der Waals surface area contributed by atoms with Gasteiger partial charge in [-0.3, -0.25) is 10.0 Å². The lowest BCUT2D eigenvalue weighted by Crippen LogP contribution is -2.26. The van der Waals surface area contributed by atoms with Crippen molar-refractivity contribution in [2.45, 2.75) is 23.4 Å². The molecule has 3 aromatic carbocycles. The predicted molar refractivity (Wildman–Crippen MR) is 147 cm³/mol. The second-order valence-corrected chi connectivity index (χ2v) is 11.6. The van der Waals surface area contributed by atoms with Gasteiger partial charge in [-0.05, 0) is 47.5 Å². The fraction of sp³-hybridized carbons (Fsp3) is 0.192. The summed E-state index contributed by atoms with van der Waals surface area (Å²) in [4.78, 5) is 11.1. The summed E-state index contributed by atoms with van der Waals surface area (Å²) in [6.45, 7) is 0.197. The minimum absolute atomic E-state index is 0.0338. The number of hydrogen-bond donors (Lipinski definition) is 2. The topological polar surface area (TPSA) is 111 Å². The van der Waals surface area contributed by atoms with Crippen LogP contribution in [0.1, 0.15) is 29.0 Å². The summed E-state index contributed by atoms with van der Waals surface area (Å²) < 4.78 is 69.2. The van der Waals surface area contributed by atoms with Crippen LogP contribution in [0.5, 0.6) is 0 Å². The van der Waals surface area contributed by atoms with E-state index >= 15 is 0 Å². The highest BCUT2D eigenvalue weighted by molar-refractivity contribution is 8.14. The Morgan fingerprint density at radius 3 is 2.33 bits per heavy atom. The van der Waals surface area contributed by atoms with E-state index in [0.29, 0.717) is 22.9 Å². The molecule has 0 saturated heterocycles. The van der Waals surface area contributed by atoms with E-state index in [1.165, 1.54) is 10.5 Å². The minimum atomic E-state index is -4.63. The number of halogens is 4. The molecule has 0 aliphatic carbocycles. The Kier molecular flexibility index (Phi) is 9.19. The van der Waals surface area contributed by atoms with E-state index in [-0.39, 0.29) is 29.8 Å². The van der Waals surface area contributed by atoms with Crippen molar-refractivity contribution in [1.29, 1.82) is 0 Å². The summed E-state index contributed by atoms with van der Waals surface area (Å²) in [5, 5.41) is 15.3. The van der Waals surface area contributed by atoms with Crippen molar-refractivity contribution >= 4 is 50.2 Å². The van der Waals surface area contributed by atoms with Gasteiger partial charge in [-0.1, -0.05) is 65.8 Å². The van der Waals surface area contributed by atoms with E-state index < -0.39 is 32.6 Å². The number of amides is 1. The first kappa shape index (κ1) is 29.6. The number of hydrogen-bond acceptors (Lipinski definition) is 6. The second-order valence-electron chi connectivity index (χ2n) is 8.54. The van der Waals surface area contributed by atoms with Crippen molar-refractivity contribution in [3.05, 3.63) is 101 Å². The fourth-order valence-corrected chi connectivity index (χ4v) is 6.11. The van der Waals surface area contributed by atoms with Crippen LogP contribution >= 0.6 is 23.4 Å². The number of thioether (sulfide) groups is 1. The molecule has 14 heteroatoms. The first-order valence-corrected chi connectivity index (χ1v) is 14.5. The van der Waals surface area contributed by atoms with Gasteiger partial charge in [-0.2, -0.15) is 26.7 Å². The van der Waals surface area contributed by atoms with Crippen LogP contribution in [-0.2, 0) is 21.0 Å². The lowest BCUT2D eigenvalue weighted by Gasteiger charge is -2.18. The van der Waals surface area contributed by atoms with Crippen LogP contribution in [0.2, 0.25) is 5.02 Å². The summed E-state index contributed by atoms with van der Waals surface area (Å²) in [6, 6.07) is 19.4. The third kappa shape index (κ3) is 7.22. The Labute approximate surface area is 237 Å². The number of sulfonamides is 1. The molecule has 0 radical (unpaired) electrons. The summed E-state index contributed by atoms with van der Waals surface area (Å²) in [5.74, 6) is -0.944. The summed E-state index contributed by atoms with van der Waals surface area (Å²) in [7, 11) is -4.46. The van der Waals surface area contributed by atoms with Gasteiger partial charge in [-0.15, -0.1) is 4.40 Å². The summed E-state index contributed by atoms with van der Waals surface area (Å²) >= 11 is 6.96. The zero-order valence-corrected chi connectivity index (χ0v) is 22.9. The van der Waals surface area contributed by atoms with Gasteiger partial charge in [0.25, 0.3) is 10.0 Å². The van der Waals surface area contributed by atoms with Gasteiger partial charge < -0.3 is 0 Å². The van der Waals surface area contributed by atoms with Crippen LogP contribution in [0.25, 0.3) is 0 Å². The maximum absolute atomic E-state index is 13.2. The number of nitrogens with one attached hydrogen (secondary N) is 1. The molecule has 1 heterocycles. The van der Waals surface area contributed by atoms with Gasteiger partial charge in [0.2, 0.25) is 5.91 Å². The molecule has 1 unspecified atom stereocenters. The molecule has 8 nitrogen and oxygen atoms in total. The van der Waals surface area contributed by atoms with E-state index in [0.717, 1.165) is 35.0 Å². The Bertz CT molecular complexity index is 1520. The number of amidine groups is 1. The third-order valence-corrected chi connectivity index (χ3v) is 8.46. The monoisotopic (exact) mass is 610 g/mol. The quantitative estimate of drug-likeness (QED) is 0.157. The Hall–Kier alpha value is -3.39. The van der Waals surface area contributed by atoms with Crippen LogP contribution in [0, 0.1) is 0 Å². The number of benzene rings is 3. The van der Waals surface area contributed by atoms with Gasteiger partial charge in [0.15, 0.2) is 5.17 Å². The van der Waals surface area contributed by atoms with Gasteiger partial charge in [0.1, 0.15) is 0 Å². The predicted octanol–water partition coefficient (Wildman–Crippen LogP) is 5.54. The first-order valence-electron chi connectivity index (χ1n) is 11.7. The van der Waals surface area contributed by atoms with Gasteiger partial charge in [0, 0.05) is 23.1 Å². The van der Waals surface area contributed by atoms with E-state index in [1.807, 2.05) is 30.3 Å². The van der Waals surface area contributed by atoms with Crippen LogP contribution < -0.4 is 5.48 Å². The molecule has 1 atom stereocenters. The van der Waals surface area contributed by atoms with Crippen molar-refractivity contribution < 1.29 is 31.6 Å². The number of hydrazone groups is 1.